The molecule has 3 rings (SSSR count). The summed E-state index contributed by atoms with van der Waals surface area (Å²) < 4.78 is 1.52. The lowest BCUT2D eigenvalue weighted by atomic mass is 10.1. The fourth-order valence-corrected chi connectivity index (χ4v) is 2.62. The number of aromatic nitrogens is 4. The summed E-state index contributed by atoms with van der Waals surface area (Å²) in [4.78, 5) is 24.7. The first-order valence-electron chi connectivity index (χ1n) is 7.87. The highest BCUT2D eigenvalue weighted by Crippen LogP contribution is 2.22. The van der Waals surface area contributed by atoms with Gasteiger partial charge in [-0.3, -0.25) is 19.4 Å². The number of rotatable bonds is 5. The Morgan fingerprint density at radius 2 is 1.96 bits per heavy atom. The van der Waals surface area contributed by atoms with Crippen LogP contribution in [0, 0.1) is 0 Å². The normalized spacial score (nSPS) is 11.8. The summed E-state index contributed by atoms with van der Waals surface area (Å²) in [6.45, 7) is 1.89. The van der Waals surface area contributed by atoms with E-state index in [1.165, 1.54) is 24.0 Å². The fourth-order valence-electron chi connectivity index (χ4n) is 2.50. The van der Waals surface area contributed by atoms with Gasteiger partial charge in [-0.2, -0.15) is 10.2 Å². The summed E-state index contributed by atoms with van der Waals surface area (Å²) in [6, 6.07) is 8.41. The van der Waals surface area contributed by atoms with E-state index < -0.39 is 5.91 Å². The first-order valence-corrected chi connectivity index (χ1v) is 8.24. The molecular weight excluding hydrogens is 356 g/mol. The summed E-state index contributed by atoms with van der Waals surface area (Å²) in [5, 5.41) is 16.6. The standard InChI is InChI=1S/C17H17ClN6O2/c1-10(11-3-5-12(18)6-4-11)24-15(7-14(23-24)16(25)19-2)17(26)22-13-8-20-21-9-13/h3-10H,1-2H3,(H,19,25)(H,20,21)(H,22,26)/t10-/m0/s1. The van der Waals surface area contributed by atoms with Crippen LogP contribution in [0.2, 0.25) is 5.02 Å². The number of anilines is 1. The number of hydrogen-bond acceptors (Lipinski definition) is 4. The van der Waals surface area contributed by atoms with E-state index in [0.717, 1.165) is 5.56 Å². The van der Waals surface area contributed by atoms with Crippen LogP contribution >= 0.6 is 11.6 Å². The Labute approximate surface area is 154 Å². The zero-order chi connectivity index (χ0) is 18.7. The van der Waals surface area contributed by atoms with Gasteiger partial charge in [-0.15, -0.1) is 0 Å². The third-order valence-corrected chi connectivity index (χ3v) is 4.16. The van der Waals surface area contributed by atoms with Gasteiger partial charge in [0.1, 0.15) is 5.69 Å². The van der Waals surface area contributed by atoms with Gasteiger partial charge in [0, 0.05) is 24.3 Å². The predicted octanol–water partition coefficient (Wildman–Crippen LogP) is 2.48. The van der Waals surface area contributed by atoms with E-state index in [0.29, 0.717) is 10.7 Å². The van der Waals surface area contributed by atoms with Gasteiger partial charge in [0.2, 0.25) is 0 Å². The lowest BCUT2D eigenvalue weighted by Gasteiger charge is -2.16. The highest BCUT2D eigenvalue weighted by Gasteiger charge is 2.23. The summed E-state index contributed by atoms with van der Waals surface area (Å²) in [6.07, 6.45) is 3.04. The molecule has 0 radical (unpaired) electrons. The lowest BCUT2D eigenvalue weighted by Crippen LogP contribution is -2.21. The van der Waals surface area contributed by atoms with Crippen molar-refractivity contribution in [2.75, 3.05) is 12.4 Å². The molecular formula is C17H17ClN6O2. The summed E-state index contributed by atoms with van der Waals surface area (Å²) in [7, 11) is 1.51. The van der Waals surface area contributed by atoms with E-state index in [4.69, 9.17) is 11.6 Å². The quantitative estimate of drug-likeness (QED) is 0.639. The Bertz CT molecular complexity index is 917. The third-order valence-electron chi connectivity index (χ3n) is 3.90. The molecule has 8 nitrogen and oxygen atoms in total. The number of carbonyl (C=O) groups is 2. The molecule has 2 amide bonds. The van der Waals surface area contributed by atoms with Crippen molar-refractivity contribution in [1.29, 1.82) is 0 Å². The van der Waals surface area contributed by atoms with Gasteiger partial charge in [-0.05, 0) is 24.6 Å². The number of amides is 2. The van der Waals surface area contributed by atoms with Crippen LogP contribution in [0.25, 0.3) is 0 Å². The van der Waals surface area contributed by atoms with Crippen LogP contribution in [-0.2, 0) is 0 Å². The van der Waals surface area contributed by atoms with Crippen LogP contribution in [-0.4, -0.2) is 38.8 Å². The molecule has 0 aliphatic rings. The molecule has 1 atom stereocenters. The van der Waals surface area contributed by atoms with E-state index >= 15 is 0 Å². The van der Waals surface area contributed by atoms with Crippen LogP contribution in [0.1, 0.15) is 39.5 Å². The van der Waals surface area contributed by atoms with Crippen molar-refractivity contribution in [2.24, 2.45) is 0 Å². The average Bonchev–Trinajstić information content (AvgIpc) is 3.30. The highest BCUT2D eigenvalue weighted by atomic mass is 35.5. The Balaban J connectivity index is 1.98. The van der Waals surface area contributed by atoms with Crippen molar-refractivity contribution in [3.63, 3.8) is 0 Å². The molecule has 3 aromatic rings. The number of carbonyl (C=O) groups excluding carboxylic acids is 2. The molecule has 9 heteroatoms. The molecule has 2 aromatic heterocycles. The number of halogens is 1. The summed E-state index contributed by atoms with van der Waals surface area (Å²) in [5.41, 5.74) is 1.83. The second kappa shape index (κ2) is 7.40. The van der Waals surface area contributed by atoms with Crippen LogP contribution < -0.4 is 10.6 Å². The van der Waals surface area contributed by atoms with Crippen LogP contribution in [0.5, 0.6) is 0 Å². The third kappa shape index (κ3) is 3.60. The largest absolute Gasteiger partial charge is 0.354 e. The first kappa shape index (κ1) is 17.7. The van der Waals surface area contributed by atoms with E-state index in [9.17, 15) is 9.59 Å². The van der Waals surface area contributed by atoms with Crippen molar-refractivity contribution >= 4 is 29.1 Å². The van der Waals surface area contributed by atoms with Crippen LogP contribution in [0.4, 0.5) is 5.69 Å². The molecule has 0 unspecified atom stereocenters. The van der Waals surface area contributed by atoms with Crippen molar-refractivity contribution < 1.29 is 9.59 Å². The minimum absolute atomic E-state index is 0.158. The SMILES string of the molecule is CNC(=O)c1cc(C(=O)Nc2cn[nH]c2)n([C@@H](C)c2ccc(Cl)cc2)n1. The van der Waals surface area contributed by atoms with E-state index in [1.807, 2.05) is 19.1 Å². The maximum Gasteiger partial charge on any atom is 0.274 e. The molecule has 1 aromatic carbocycles. The monoisotopic (exact) mass is 372 g/mol. The van der Waals surface area contributed by atoms with Gasteiger partial charge in [-0.25, -0.2) is 0 Å². The second-order valence-corrected chi connectivity index (χ2v) is 6.04. The Morgan fingerprint density at radius 1 is 1.23 bits per heavy atom. The van der Waals surface area contributed by atoms with E-state index in [2.05, 4.69) is 25.9 Å². The first-order chi connectivity index (χ1) is 12.5. The predicted molar refractivity (Wildman–Crippen MR) is 97.4 cm³/mol. The van der Waals surface area contributed by atoms with E-state index in [1.54, 1.807) is 18.3 Å². The second-order valence-electron chi connectivity index (χ2n) is 5.61. The van der Waals surface area contributed by atoms with Gasteiger partial charge < -0.3 is 10.6 Å². The maximum absolute atomic E-state index is 12.7. The topological polar surface area (TPSA) is 105 Å². The summed E-state index contributed by atoms with van der Waals surface area (Å²) in [5.74, 6) is -0.765. The fraction of sp³-hybridized carbons (Fsp3) is 0.176. The Hall–Kier alpha value is -3.13. The molecule has 0 aliphatic heterocycles. The number of H-pyrrole nitrogens is 1. The lowest BCUT2D eigenvalue weighted by molar-refractivity contribution is 0.0956. The molecule has 0 spiro atoms. The molecule has 0 fully saturated rings. The smallest absolute Gasteiger partial charge is 0.274 e. The van der Waals surface area contributed by atoms with Gasteiger partial charge in [0.15, 0.2) is 5.69 Å². The molecule has 26 heavy (non-hydrogen) atoms. The van der Waals surface area contributed by atoms with Gasteiger partial charge in [0.25, 0.3) is 11.8 Å². The molecule has 134 valence electrons. The molecule has 3 N–H and O–H groups in total. The Kier molecular flexibility index (Phi) is 5.04. The molecule has 0 saturated heterocycles. The van der Waals surface area contributed by atoms with Crippen molar-refractivity contribution in [3.05, 3.63) is 64.7 Å². The number of hydrogen-bond donors (Lipinski definition) is 3. The number of benzene rings is 1. The molecule has 0 bridgehead atoms. The average molecular weight is 373 g/mol. The summed E-state index contributed by atoms with van der Waals surface area (Å²) >= 11 is 5.94. The Morgan fingerprint density at radius 3 is 2.58 bits per heavy atom. The van der Waals surface area contributed by atoms with Crippen molar-refractivity contribution in [2.45, 2.75) is 13.0 Å². The molecule has 0 aliphatic carbocycles. The number of nitrogens with one attached hydrogen (secondary N) is 3. The highest BCUT2D eigenvalue weighted by molar-refractivity contribution is 6.30. The zero-order valence-electron chi connectivity index (χ0n) is 14.2. The van der Waals surface area contributed by atoms with E-state index in [-0.39, 0.29) is 23.3 Å². The maximum atomic E-state index is 12.7. The van der Waals surface area contributed by atoms with Crippen molar-refractivity contribution in [3.8, 4) is 0 Å². The minimum atomic E-state index is -0.394. The number of aromatic amines is 1. The van der Waals surface area contributed by atoms with Crippen LogP contribution in [0.15, 0.2) is 42.7 Å². The molecule has 0 saturated carbocycles. The number of nitrogens with zero attached hydrogens (tertiary/aromatic N) is 3. The van der Waals surface area contributed by atoms with Gasteiger partial charge >= 0.3 is 0 Å². The molecule has 2 heterocycles. The minimum Gasteiger partial charge on any atom is -0.354 e. The van der Waals surface area contributed by atoms with Crippen molar-refractivity contribution in [1.82, 2.24) is 25.3 Å². The zero-order valence-corrected chi connectivity index (χ0v) is 14.9. The van der Waals surface area contributed by atoms with Gasteiger partial charge in [0.05, 0.1) is 17.9 Å². The van der Waals surface area contributed by atoms with Crippen LogP contribution in [0.3, 0.4) is 0 Å². The van der Waals surface area contributed by atoms with Gasteiger partial charge in [-0.1, -0.05) is 23.7 Å².